The molecule has 1 fully saturated rings. The summed E-state index contributed by atoms with van der Waals surface area (Å²) in [5.41, 5.74) is 1.21. The fourth-order valence-corrected chi connectivity index (χ4v) is 2.92. The number of para-hydroxylation sites is 1. The van der Waals surface area contributed by atoms with Crippen molar-refractivity contribution in [2.24, 2.45) is 0 Å². The van der Waals surface area contributed by atoms with Crippen LogP contribution < -0.4 is 15.5 Å². The average molecular weight is 362 g/mol. The van der Waals surface area contributed by atoms with Gasteiger partial charge in [-0.2, -0.15) is 0 Å². The average Bonchev–Trinajstić information content (AvgIpc) is 2.69. The van der Waals surface area contributed by atoms with Gasteiger partial charge in [0, 0.05) is 58.5 Å². The second-order valence-corrected chi connectivity index (χ2v) is 6.33. The van der Waals surface area contributed by atoms with Crippen LogP contribution in [0.4, 0.5) is 5.69 Å². The molecule has 26 heavy (non-hydrogen) atoms. The highest BCUT2D eigenvalue weighted by Gasteiger charge is 2.20. The van der Waals surface area contributed by atoms with Crippen LogP contribution in [0.5, 0.6) is 0 Å². The van der Waals surface area contributed by atoms with Crippen molar-refractivity contribution < 1.29 is 14.3 Å². The summed E-state index contributed by atoms with van der Waals surface area (Å²) >= 11 is 0. The maximum Gasteiger partial charge on any atom is 0.233 e. The number of anilines is 1. The van der Waals surface area contributed by atoms with Gasteiger partial charge in [-0.1, -0.05) is 18.2 Å². The monoisotopic (exact) mass is 362 g/mol. The van der Waals surface area contributed by atoms with Crippen molar-refractivity contribution in [3.63, 3.8) is 0 Å². The Morgan fingerprint density at radius 2 is 1.81 bits per heavy atom. The molecule has 0 aromatic heterocycles. The number of nitrogens with zero attached hydrogens (tertiary/aromatic N) is 2. The van der Waals surface area contributed by atoms with E-state index >= 15 is 0 Å². The van der Waals surface area contributed by atoms with Crippen molar-refractivity contribution in [1.29, 1.82) is 0 Å². The number of hydrogen-bond donors (Lipinski definition) is 2. The molecule has 2 rings (SSSR count). The highest BCUT2D eigenvalue weighted by atomic mass is 16.5. The molecule has 0 radical (unpaired) electrons. The van der Waals surface area contributed by atoms with Crippen LogP contribution in [0.15, 0.2) is 30.3 Å². The van der Waals surface area contributed by atoms with Crippen molar-refractivity contribution >= 4 is 17.5 Å². The summed E-state index contributed by atoms with van der Waals surface area (Å²) in [6.07, 6.45) is 1.14. The van der Waals surface area contributed by atoms with Gasteiger partial charge in [0.05, 0.1) is 13.2 Å². The van der Waals surface area contributed by atoms with Gasteiger partial charge in [-0.3, -0.25) is 9.59 Å². The number of nitrogens with one attached hydrogen (secondary N) is 2. The zero-order chi connectivity index (χ0) is 18.6. The maximum absolute atomic E-state index is 12.3. The van der Waals surface area contributed by atoms with Crippen LogP contribution in [0.1, 0.15) is 12.8 Å². The normalized spacial score (nSPS) is 14.3. The highest BCUT2D eigenvalue weighted by molar-refractivity contribution is 5.78. The summed E-state index contributed by atoms with van der Waals surface area (Å²) in [6.45, 7) is 5.27. The number of amides is 2. The van der Waals surface area contributed by atoms with Crippen LogP contribution in [0.2, 0.25) is 0 Å². The number of methoxy groups -OCH3 is 1. The number of benzene rings is 1. The van der Waals surface area contributed by atoms with Crippen LogP contribution in [-0.2, 0) is 14.3 Å². The Kier molecular flexibility index (Phi) is 8.92. The van der Waals surface area contributed by atoms with E-state index in [1.807, 2.05) is 23.1 Å². The Morgan fingerprint density at radius 3 is 2.50 bits per heavy atom. The van der Waals surface area contributed by atoms with Crippen molar-refractivity contribution in [3.8, 4) is 0 Å². The lowest BCUT2D eigenvalue weighted by Gasteiger charge is -2.36. The maximum atomic E-state index is 12.3. The van der Waals surface area contributed by atoms with E-state index in [0.29, 0.717) is 32.5 Å². The first-order chi connectivity index (χ1) is 12.7. The summed E-state index contributed by atoms with van der Waals surface area (Å²) < 4.78 is 4.90. The van der Waals surface area contributed by atoms with E-state index in [2.05, 4.69) is 27.7 Å². The van der Waals surface area contributed by atoms with E-state index in [-0.39, 0.29) is 18.4 Å². The number of hydrogen-bond acceptors (Lipinski definition) is 5. The van der Waals surface area contributed by atoms with Gasteiger partial charge in [-0.05, 0) is 18.6 Å². The van der Waals surface area contributed by atoms with E-state index in [4.69, 9.17) is 4.74 Å². The molecular formula is C19H30N4O3. The Bertz CT molecular complexity index is 545. The van der Waals surface area contributed by atoms with Crippen LogP contribution >= 0.6 is 0 Å². The zero-order valence-corrected chi connectivity index (χ0v) is 15.6. The Balaban J connectivity index is 1.56. The molecule has 0 unspecified atom stereocenters. The second-order valence-electron chi connectivity index (χ2n) is 6.33. The number of ether oxygens (including phenoxy) is 1. The van der Waals surface area contributed by atoms with Crippen molar-refractivity contribution in [1.82, 2.24) is 15.5 Å². The molecule has 0 spiro atoms. The highest BCUT2D eigenvalue weighted by Crippen LogP contribution is 2.15. The third-order valence-electron chi connectivity index (χ3n) is 4.41. The SMILES string of the molecule is COCCNCC(=O)NCCCC(=O)N1CCN(c2ccccc2)CC1. The summed E-state index contributed by atoms with van der Waals surface area (Å²) in [4.78, 5) is 28.1. The Morgan fingerprint density at radius 1 is 1.08 bits per heavy atom. The van der Waals surface area contributed by atoms with E-state index < -0.39 is 0 Å². The third kappa shape index (κ3) is 7.01. The molecule has 1 aliphatic heterocycles. The van der Waals surface area contributed by atoms with Gasteiger partial charge in [-0.15, -0.1) is 0 Å². The van der Waals surface area contributed by atoms with Gasteiger partial charge >= 0.3 is 0 Å². The molecule has 0 aliphatic carbocycles. The van der Waals surface area contributed by atoms with Crippen LogP contribution in [0.25, 0.3) is 0 Å². The summed E-state index contributed by atoms with van der Waals surface area (Å²) in [5.74, 6) is 0.121. The Labute approximate surface area is 155 Å². The van der Waals surface area contributed by atoms with E-state index in [0.717, 1.165) is 26.2 Å². The summed E-state index contributed by atoms with van der Waals surface area (Å²) in [5, 5.41) is 5.81. The quantitative estimate of drug-likeness (QED) is 0.592. The first-order valence-electron chi connectivity index (χ1n) is 9.25. The number of carbonyl (C=O) groups excluding carboxylic acids is 2. The lowest BCUT2D eigenvalue weighted by Crippen LogP contribution is -2.48. The van der Waals surface area contributed by atoms with Crippen molar-refractivity contribution in [2.45, 2.75) is 12.8 Å². The molecule has 2 N–H and O–H groups in total. The molecule has 1 aliphatic rings. The van der Waals surface area contributed by atoms with Crippen LogP contribution in [0.3, 0.4) is 0 Å². The van der Waals surface area contributed by atoms with Gasteiger partial charge < -0.3 is 25.2 Å². The van der Waals surface area contributed by atoms with Gasteiger partial charge in [0.15, 0.2) is 0 Å². The number of piperazine rings is 1. The predicted molar refractivity (Wildman–Crippen MR) is 102 cm³/mol. The van der Waals surface area contributed by atoms with Crippen LogP contribution in [-0.4, -0.2) is 76.2 Å². The minimum Gasteiger partial charge on any atom is -0.383 e. The van der Waals surface area contributed by atoms with Gasteiger partial charge in [0.1, 0.15) is 0 Å². The third-order valence-corrected chi connectivity index (χ3v) is 4.41. The molecule has 0 bridgehead atoms. The van der Waals surface area contributed by atoms with E-state index in [1.54, 1.807) is 7.11 Å². The number of rotatable bonds is 10. The van der Waals surface area contributed by atoms with Gasteiger partial charge in [0.2, 0.25) is 11.8 Å². The molecule has 7 heteroatoms. The smallest absolute Gasteiger partial charge is 0.233 e. The first-order valence-corrected chi connectivity index (χ1v) is 9.25. The Hall–Kier alpha value is -2.12. The van der Waals surface area contributed by atoms with E-state index in [1.165, 1.54) is 5.69 Å². The molecule has 7 nitrogen and oxygen atoms in total. The first kappa shape index (κ1) is 20.2. The molecule has 1 heterocycles. The van der Waals surface area contributed by atoms with Crippen molar-refractivity contribution in [2.75, 3.05) is 64.4 Å². The number of carbonyl (C=O) groups is 2. The lowest BCUT2D eigenvalue weighted by molar-refractivity contribution is -0.131. The lowest BCUT2D eigenvalue weighted by atomic mass is 10.2. The molecule has 144 valence electrons. The van der Waals surface area contributed by atoms with Gasteiger partial charge in [-0.25, -0.2) is 0 Å². The largest absolute Gasteiger partial charge is 0.383 e. The molecular weight excluding hydrogens is 332 g/mol. The zero-order valence-electron chi connectivity index (χ0n) is 15.6. The molecule has 1 saturated heterocycles. The van der Waals surface area contributed by atoms with E-state index in [9.17, 15) is 9.59 Å². The fraction of sp³-hybridized carbons (Fsp3) is 0.579. The predicted octanol–water partition coefficient (Wildman–Crippen LogP) is 0.468. The van der Waals surface area contributed by atoms with Gasteiger partial charge in [0.25, 0.3) is 0 Å². The fourth-order valence-electron chi connectivity index (χ4n) is 2.92. The van der Waals surface area contributed by atoms with Crippen LogP contribution in [0, 0.1) is 0 Å². The minimum atomic E-state index is -0.0509. The second kappa shape index (κ2) is 11.5. The minimum absolute atomic E-state index is 0.0509. The molecule has 0 saturated carbocycles. The summed E-state index contributed by atoms with van der Waals surface area (Å²) in [6, 6.07) is 10.3. The molecule has 1 aromatic rings. The standard InChI is InChI=1S/C19H30N4O3/c1-26-15-10-20-16-18(24)21-9-5-8-19(25)23-13-11-22(12-14-23)17-6-3-2-4-7-17/h2-4,6-7,20H,5,8-16H2,1H3,(H,21,24). The molecule has 2 amide bonds. The topological polar surface area (TPSA) is 73.9 Å². The summed E-state index contributed by atoms with van der Waals surface area (Å²) in [7, 11) is 1.63. The molecule has 1 aromatic carbocycles. The molecule has 0 atom stereocenters. The van der Waals surface area contributed by atoms with Crippen molar-refractivity contribution in [3.05, 3.63) is 30.3 Å².